The number of nitrogens with one attached hydrogen (secondary N) is 2. The predicted octanol–water partition coefficient (Wildman–Crippen LogP) is 1.03. The summed E-state index contributed by atoms with van der Waals surface area (Å²) in [6.45, 7) is 3.12. The first-order chi connectivity index (χ1) is 9.41. The van der Waals surface area contributed by atoms with Gasteiger partial charge in [0, 0.05) is 31.6 Å². The van der Waals surface area contributed by atoms with Crippen molar-refractivity contribution in [2.75, 3.05) is 13.2 Å². The number of rotatable bonds is 6. The fraction of sp³-hybridized carbons (Fsp3) is 0.769. The van der Waals surface area contributed by atoms with E-state index < -0.39 is 12.0 Å². The normalized spacial score (nSPS) is 17.2. The minimum Gasteiger partial charge on any atom is -0.481 e. The number of hydrogen-bond acceptors (Lipinski definition) is 4. The molecule has 7 nitrogen and oxygen atoms in total. The Balaban J connectivity index is 2.20. The Morgan fingerprint density at radius 2 is 1.75 bits per heavy atom. The number of carbonyl (C=O) groups excluding carboxylic acids is 2. The highest BCUT2D eigenvalue weighted by Gasteiger charge is 2.29. The van der Waals surface area contributed by atoms with E-state index in [1.165, 1.54) is 0 Å². The average Bonchev–Trinajstić information content (AvgIpc) is 2.34. The van der Waals surface area contributed by atoms with Crippen LogP contribution < -0.4 is 10.6 Å². The van der Waals surface area contributed by atoms with Gasteiger partial charge in [0.05, 0.1) is 0 Å². The Bertz CT molecular complexity index is 364. The highest BCUT2D eigenvalue weighted by molar-refractivity contribution is 5.94. The van der Waals surface area contributed by atoms with Crippen molar-refractivity contribution in [2.45, 2.75) is 51.0 Å². The molecule has 1 aliphatic heterocycles. The zero-order valence-corrected chi connectivity index (χ0v) is 11.7. The molecule has 1 heterocycles. The van der Waals surface area contributed by atoms with Crippen LogP contribution in [0.25, 0.3) is 0 Å². The number of carboxylic acid groups (broad SMARTS) is 1. The van der Waals surface area contributed by atoms with Crippen molar-refractivity contribution in [1.29, 1.82) is 0 Å². The maximum Gasteiger partial charge on any atom is 0.321 e. The molecule has 0 unspecified atom stereocenters. The molecule has 3 N–H and O–H groups in total. The highest BCUT2D eigenvalue weighted by Crippen LogP contribution is 2.19. The average molecular weight is 286 g/mol. The van der Waals surface area contributed by atoms with Crippen LogP contribution in [0, 0.1) is 0 Å². The first-order valence-corrected chi connectivity index (χ1v) is 6.83. The molecular formula is C13H22N2O5. The van der Waals surface area contributed by atoms with E-state index in [-0.39, 0.29) is 24.3 Å². The highest BCUT2D eigenvalue weighted by atomic mass is 16.5. The summed E-state index contributed by atoms with van der Waals surface area (Å²) in [6.07, 6.45) is 2.51. The third kappa shape index (κ3) is 6.51. The number of amides is 3. The van der Waals surface area contributed by atoms with E-state index in [4.69, 9.17) is 9.84 Å². The first kappa shape index (κ1) is 16.4. The van der Waals surface area contributed by atoms with Gasteiger partial charge in [0.2, 0.25) is 5.91 Å². The van der Waals surface area contributed by atoms with Crippen molar-refractivity contribution in [3.63, 3.8) is 0 Å². The molecule has 0 spiro atoms. The van der Waals surface area contributed by atoms with Crippen molar-refractivity contribution in [3.05, 3.63) is 0 Å². The Morgan fingerprint density at radius 3 is 2.35 bits per heavy atom. The second kappa shape index (κ2) is 7.84. The lowest BCUT2D eigenvalue weighted by atomic mass is 9.93. The smallest absolute Gasteiger partial charge is 0.321 e. The molecule has 0 aromatic carbocycles. The third-order valence-electron chi connectivity index (χ3n) is 3.31. The maximum atomic E-state index is 11.7. The van der Waals surface area contributed by atoms with Crippen LogP contribution in [0.3, 0.4) is 0 Å². The third-order valence-corrected chi connectivity index (χ3v) is 3.31. The number of carboxylic acids is 1. The Hall–Kier alpha value is -1.63. The minimum atomic E-state index is -0.879. The lowest BCUT2D eigenvalue weighted by Crippen LogP contribution is -2.53. The summed E-state index contributed by atoms with van der Waals surface area (Å²) in [6, 6.07) is -0.502. The lowest BCUT2D eigenvalue weighted by molar-refractivity contribution is -0.137. The maximum absolute atomic E-state index is 11.7. The van der Waals surface area contributed by atoms with E-state index in [0.29, 0.717) is 38.9 Å². The molecule has 3 amide bonds. The molecule has 0 saturated carbocycles. The molecule has 1 fully saturated rings. The van der Waals surface area contributed by atoms with Crippen LogP contribution >= 0.6 is 0 Å². The van der Waals surface area contributed by atoms with Crippen LogP contribution in [0.2, 0.25) is 0 Å². The summed E-state index contributed by atoms with van der Waals surface area (Å²) in [7, 11) is 0. The SMILES string of the molecule is CC1(NC(=O)NC(=O)CCCCC(=O)O)CCOCC1. The molecule has 0 radical (unpaired) electrons. The first-order valence-electron chi connectivity index (χ1n) is 6.83. The summed E-state index contributed by atoms with van der Waals surface area (Å²) >= 11 is 0. The molecule has 1 aliphatic rings. The van der Waals surface area contributed by atoms with E-state index in [1.54, 1.807) is 0 Å². The standard InChI is InChI=1S/C13H22N2O5/c1-13(6-8-20-9-7-13)15-12(19)14-10(16)4-2-3-5-11(17)18/h2-9H2,1H3,(H,17,18)(H2,14,15,16,19). The molecule has 0 bridgehead atoms. The van der Waals surface area contributed by atoms with E-state index in [0.717, 1.165) is 0 Å². The fourth-order valence-corrected chi connectivity index (χ4v) is 2.00. The Morgan fingerprint density at radius 1 is 1.15 bits per heavy atom. The number of carbonyl (C=O) groups is 3. The van der Waals surface area contributed by atoms with Crippen LogP contribution in [-0.2, 0) is 14.3 Å². The van der Waals surface area contributed by atoms with Crippen LogP contribution in [-0.4, -0.2) is 41.8 Å². The van der Waals surface area contributed by atoms with Gasteiger partial charge in [-0.25, -0.2) is 4.79 Å². The molecule has 0 atom stereocenters. The van der Waals surface area contributed by atoms with E-state index in [1.807, 2.05) is 6.92 Å². The van der Waals surface area contributed by atoms with Crippen LogP contribution in [0.15, 0.2) is 0 Å². The van der Waals surface area contributed by atoms with Gasteiger partial charge in [0.1, 0.15) is 0 Å². The van der Waals surface area contributed by atoms with Gasteiger partial charge in [-0.2, -0.15) is 0 Å². The lowest BCUT2D eigenvalue weighted by Gasteiger charge is -2.34. The van der Waals surface area contributed by atoms with Gasteiger partial charge < -0.3 is 15.2 Å². The van der Waals surface area contributed by atoms with Gasteiger partial charge >= 0.3 is 12.0 Å². The summed E-state index contributed by atoms with van der Waals surface area (Å²) in [4.78, 5) is 33.5. The van der Waals surface area contributed by atoms with Crippen LogP contribution in [0.5, 0.6) is 0 Å². The van der Waals surface area contributed by atoms with Crippen molar-refractivity contribution >= 4 is 17.9 Å². The zero-order valence-electron chi connectivity index (χ0n) is 11.7. The van der Waals surface area contributed by atoms with Gasteiger partial charge in [-0.05, 0) is 32.6 Å². The summed E-state index contributed by atoms with van der Waals surface area (Å²) in [5.74, 6) is -1.26. The molecule has 0 aliphatic carbocycles. The van der Waals surface area contributed by atoms with E-state index in [2.05, 4.69) is 10.6 Å². The second-order valence-electron chi connectivity index (χ2n) is 5.28. The van der Waals surface area contributed by atoms with E-state index in [9.17, 15) is 14.4 Å². The van der Waals surface area contributed by atoms with Gasteiger partial charge in [-0.15, -0.1) is 0 Å². The van der Waals surface area contributed by atoms with Crippen molar-refractivity contribution in [2.24, 2.45) is 0 Å². The van der Waals surface area contributed by atoms with Gasteiger partial charge in [0.15, 0.2) is 0 Å². The summed E-state index contributed by atoms with van der Waals surface area (Å²) in [5.41, 5.74) is -0.341. The number of hydrogen-bond donors (Lipinski definition) is 3. The summed E-state index contributed by atoms with van der Waals surface area (Å²) in [5, 5.41) is 13.5. The van der Waals surface area contributed by atoms with Crippen molar-refractivity contribution in [1.82, 2.24) is 10.6 Å². The molecule has 1 rings (SSSR count). The molecule has 0 aromatic rings. The largest absolute Gasteiger partial charge is 0.481 e. The van der Waals surface area contributed by atoms with Crippen LogP contribution in [0.1, 0.15) is 45.4 Å². The Labute approximate surface area is 118 Å². The van der Waals surface area contributed by atoms with Gasteiger partial charge in [0.25, 0.3) is 0 Å². The zero-order chi connectivity index (χ0) is 15.0. The predicted molar refractivity (Wildman–Crippen MR) is 71.2 cm³/mol. The molecule has 7 heteroatoms. The second-order valence-corrected chi connectivity index (χ2v) is 5.28. The number of ether oxygens (including phenoxy) is 1. The number of urea groups is 1. The van der Waals surface area contributed by atoms with Crippen molar-refractivity contribution in [3.8, 4) is 0 Å². The number of imide groups is 1. The molecule has 1 saturated heterocycles. The van der Waals surface area contributed by atoms with Gasteiger partial charge in [-0.3, -0.25) is 14.9 Å². The summed E-state index contributed by atoms with van der Waals surface area (Å²) < 4.78 is 5.23. The molecular weight excluding hydrogens is 264 g/mol. The number of unbranched alkanes of at least 4 members (excludes halogenated alkanes) is 1. The quantitative estimate of drug-likeness (QED) is 0.632. The fourth-order valence-electron chi connectivity index (χ4n) is 2.00. The van der Waals surface area contributed by atoms with E-state index >= 15 is 0 Å². The monoisotopic (exact) mass is 286 g/mol. The van der Waals surface area contributed by atoms with Gasteiger partial charge in [-0.1, -0.05) is 0 Å². The molecule has 20 heavy (non-hydrogen) atoms. The van der Waals surface area contributed by atoms with Crippen molar-refractivity contribution < 1.29 is 24.2 Å². The molecule has 0 aromatic heterocycles. The topological polar surface area (TPSA) is 105 Å². The van der Waals surface area contributed by atoms with Crippen LogP contribution in [0.4, 0.5) is 4.79 Å². The number of aliphatic carboxylic acids is 1. The Kier molecular flexibility index (Phi) is 6.44. The molecule has 114 valence electrons. The minimum absolute atomic E-state index is 0.0392.